The summed E-state index contributed by atoms with van der Waals surface area (Å²) in [6.07, 6.45) is 4.92. The van der Waals surface area contributed by atoms with Crippen molar-refractivity contribution in [2.24, 2.45) is 0 Å². The van der Waals surface area contributed by atoms with E-state index in [1.807, 2.05) is 54.6 Å². The van der Waals surface area contributed by atoms with Gasteiger partial charge in [0.15, 0.2) is 5.69 Å². The Balaban J connectivity index is 1.82. The molecular weight excluding hydrogens is 406 g/mol. The van der Waals surface area contributed by atoms with Crippen molar-refractivity contribution in [3.05, 3.63) is 65.9 Å². The molecule has 0 unspecified atom stereocenters. The number of ether oxygens (including phenoxy) is 2. The Morgan fingerprint density at radius 2 is 1.41 bits per heavy atom. The van der Waals surface area contributed by atoms with Gasteiger partial charge in [-0.05, 0) is 37.1 Å². The third-order valence-electron chi connectivity index (χ3n) is 5.77. The molecule has 0 spiro atoms. The van der Waals surface area contributed by atoms with Crippen molar-refractivity contribution >= 4 is 17.6 Å². The molecule has 0 N–H and O–H groups in total. The van der Waals surface area contributed by atoms with E-state index in [-0.39, 0.29) is 11.3 Å². The summed E-state index contributed by atoms with van der Waals surface area (Å²) in [6.45, 7) is 2.09. The van der Waals surface area contributed by atoms with E-state index in [0.29, 0.717) is 11.4 Å². The minimum absolute atomic E-state index is 0.0390. The van der Waals surface area contributed by atoms with Crippen molar-refractivity contribution in [3.63, 3.8) is 0 Å². The molecule has 166 valence electrons. The molecule has 7 nitrogen and oxygen atoms in total. The Kier molecular flexibility index (Phi) is 6.54. The first-order valence-corrected chi connectivity index (χ1v) is 10.8. The number of rotatable bonds is 5. The number of hydrogen-bond donors (Lipinski definition) is 0. The topological polar surface area (TPSA) is 73.7 Å². The van der Waals surface area contributed by atoms with Gasteiger partial charge in [-0.3, -0.25) is 0 Å². The van der Waals surface area contributed by atoms with Gasteiger partial charge in [-0.25, -0.2) is 14.3 Å². The Morgan fingerprint density at radius 1 is 0.781 bits per heavy atom. The average Bonchev–Trinajstić information content (AvgIpc) is 3.04. The highest BCUT2D eigenvalue weighted by molar-refractivity contribution is 6.06. The van der Waals surface area contributed by atoms with Crippen LogP contribution >= 0.6 is 0 Å². The maximum absolute atomic E-state index is 12.8. The second-order valence-electron chi connectivity index (χ2n) is 7.75. The Bertz CT molecular complexity index is 1080. The fourth-order valence-corrected chi connectivity index (χ4v) is 4.12. The SMILES string of the molecule is COC(=O)c1c(-c2ccc(N3CCCCCC3)cc2)nn(-c2ccccc2)c1C(=O)OC. The molecule has 2 aromatic carbocycles. The smallest absolute Gasteiger partial charge is 0.357 e. The summed E-state index contributed by atoms with van der Waals surface area (Å²) in [6, 6.07) is 17.1. The predicted octanol–water partition coefficient (Wildman–Crippen LogP) is 4.49. The van der Waals surface area contributed by atoms with Gasteiger partial charge in [0.05, 0.1) is 19.9 Å². The molecule has 7 heteroatoms. The van der Waals surface area contributed by atoms with Gasteiger partial charge in [0.2, 0.25) is 0 Å². The lowest BCUT2D eigenvalue weighted by molar-refractivity contribution is 0.0549. The molecule has 32 heavy (non-hydrogen) atoms. The number of nitrogens with zero attached hydrogens (tertiary/aromatic N) is 3. The molecular formula is C25H27N3O4. The zero-order valence-electron chi connectivity index (χ0n) is 18.4. The molecule has 3 aromatic rings. The van der Waals surface area contributed by atoms with Crippen molar-refractivity contribution in [1.29, 1.82) is 0 Å². The number of carbonyl (C=O) groups excluding carboxylic acids is 2. The van der Waals surface area contributed by atoms with Gasteiger partial charge < -0.3 is 14.4 Å². The summed E-state index contributed by atoms with van der Waals surface area (Å²) >= 11 is 0. The maximum atomic E-state index is 12.8. The molecule has 0 amide bonds. The Labute approximate surface area is 187 Å². The van der Waals surface area contributed by atoms with Gasteiger partial charge >= 0.3 is 11.9 Å². The number of methoxy groups -OCH3 is 2. The van der Waals surface area contributed by atoms with Gasteiger partial charge in [-0.15, -0.1) is 0 Å². The summed E-state index contributed by atoms with van der Waals surface area (Å²) in [5, 5.41) is 4.65. The normalized spacial score (nSPS) is 14.0. The van der Waals surface area contributed by atoms with Crippen molar-refractivity contribution < 1.29 is 19.1 Å². The molecule has 0 bridgehead atoms. The summed E-state index contributed by atoms with van der Waals surface area (Å²) in [5.41, 5.74) is 3.02. The van der Waals surface area contributed by atoms with E-state index in [1.165, 1.54) is 44.6 Å². The lowest BCUT2D eigenvalue weighted by Crippen LogP contribution is -2.23. The van der Waals surface area contributed by atoms with E-state index in [0.717, 1.165) is 24.3 Å². The fourth-order valence-electron chi connectivity index (χ4n) is 4.12. The molecule has 4 rings (SSSR count). The zero-order valence-corrected chi connectivity index (χ0v) is 18.4. The van der Waals surface area contributed by atoms with Gasteiger partial charge in [-0.1, -0.05) is 43.2 Å². The van der Waals surface area contributed by atoms with E-state index >= 15 is 0 Å². The van der Waals surface area contributed by atoms with Crippen LogP contribution in [0.4, 0.5) is 5.69 Å². The van der Waals surface area contributed by atoms with Gasteiger partial charge in [0, 0.05) is 24.3 Å². The number of carbonyl (C=O) groups is 2. The van der Waals surface area contributed by atoms with Gasteiger partial charge in [0.25, 0.3) is 0 Å². The summed E-state index contributed by atoms with van der Waals surface area (Å²) in [7, 11) is 2.57. The quantitative estimate of drug-likeness (QED) is 0.552. The third-order valence-corrected chi connectivity index (χ3v) is 5.77. The monoisotopic (exact) mass is 433 g/mol. The molecule has 0 radical (unpaired) electrons. The largest absolute Gasteiger partial charge is 0.465 e. The number of benzene rings is 2. The summed E-state index contributed by atoms with van der Waals surface area (Å²) < 4.78 is 11.4. The van der Waals surface area contributed by atoms with Crippen molar-refractivity contribution in [3.8, 4) is 16.9 Å². The maximum Gasteiger partial charge on any atom is 0.357 e. The second-order valence-corrected chi connectivity index (χ2v) is 7.75. The number of anilines is 1. The molecule has 1 saturated heterocycles. The van der Waals surface area contributed by atoms with E-state index in [1.54, 1.807) is 0 Å². The first-order valence-electron chi connectivity index (χ1n) is 10.8. The molecule has 1 fully saturated rings. The average molecular weight is 434 g/mol. The van der Waals surface area contributed by atoms with Crippen LogP contribution in [0.5, 0.6) is 0 Å². The van der Waals surface area contributed by atoms with Crippen molar-refractivity contribution in [2.45, 2.75) is 25.7 Å². The highest BCUT2D eigenvalue weighted by Crippen LogP contribution is 2.31. The van der Waals surface area contributed by atoms with Crippen molar-refractivity contribution in [1.82, 2.24) is 9.78 Å². The number of aromatic nitrogens is 2. The molecule has 0 saturated carbocycles. The number of para-hydroxylation sites is 1. The van der Waals surface area contributed by atoms with Crippen LogP contribution in [0, 0.1) is 0 Å². The Hall–Kier alpha value is -3.61. The van der Waals surface area contributed by atoms with Crippen LogP contribution in [0.15, 0.2) is 54.6 Å². The first kappa shape index (κ1) is 21.6. The molecule has 1 aliphatic rings. The van der Waals surface area contributed by atoms with Crippen molar-refractivity contribution in [2.75, 3.05) is 32.2 Å². The highest BCUT2D eigenvalue weighted by atomic mass is 16.5. The predicted molar refractivity (Wildman–Crippen MR) is 122 cm³/mol. The molecule has 0 atom stereocenters. The van der Waals surface area contributed by atoms with Crippen LogP contribution in [-0.4, -0.2) is 49.0 Å². The lowest BCUT2D eigenvalue weighted by Gasteiger charge is -2.22. The van der Waals surface area contributed by atoms with Crippen LogP contribution in [0.2, 0.25) is 0 Å². The second kappa shape index (κ2) is 9.68. The zero-order chi connectivity index (χ0) is 22.5. The van der Waals surface area contributed by atoms with Crippen LogP contribution < -0.4 is 4.90 Å². The molecule has 0 aliphatic carbocycles. The molecule has 1 aromatic heterocycles. The standard InChI is InChI=1S/C25H27N3O4/c1-31-24(29)21-22(18-12-14-19(15-13-18)27-16-8-3-4-9-17-27)26-28(23(21)25(30)32-2)20-10-6-5-7-11-20/h5-7,10-15H,3-4,8-9,16-17H2,1-2H3. The van der Waals surface area contributed by atoms with Gasteiger partial charge in [-0.2, -0.15) is 5.10 Å². The van der Waals surface area contributed by atoms with Crippen LogP contribution in [0.3, 0.4) is 0 Å². The first-order chi connectivity index (χ1) is 15.6. The summed E-state index contributed by atoms with van der Waals surface area (Å²) in [4.78, 5) is 27.8. The van der Waals surface area contributed by atoms with E-state index in [4.69, 9.17) is 9.47 Å². The number of esters is 2. The summed E-state index contributed by atoms with van der Waals surface area (Å²) in [5.74, 6) is -1.30. The van der Waals surface area contributed by atoms with Crippen LogP contribution in [-0.2, 0) is 9.47 Å². The van der Waals surface area contributed by atoms with Crippen LogP contribution in [0.25, 0.3) is 16.9 Å². The highest BCUT2D eigenvalue weighted by Gasteiger charge is 2.31. The fraction of sp³-hybridized carbons (Fsp3) is 0.320. The van der Waals surface area contributed by atoms with Crippen LogP contribution in [0.1, 0.15) is 46.5 Å². The Morgan fingerprint density at radius 3 is 2.00 bits per heavy atom. The lowest BCUT2D eigenvalue weighted by atomic mass is 10.0. The van der Waals surface area contributed by atoms with E-state index in [2.05, 4.69) is 10.00 Å². The minimum Gasteiger partial charge on any atom is -0.465 e. The van der Waals surface area contributed by atoms with E-state index < -0.39 is 11.9 Å². The molecule has 2 heterocycles. The minimum atomic E-state index is -0.658. The third kappa shape index (κ3) is 4.23. The molecule has 1 aliphatic heterocycles. The van der Waals surface area contributed by atoms with E-state index in [9.17, 15) is 9.59 Å². The van der Waals surface area contributed by atoms with Gasteiger partial charge in [0.1, 0.15) is 11.3 Å². The number of hydrogen-bond acceptors (Lipinski definition) is 6.